The first-order chi connectivity index (χ1) is 14.6. The van der Waals surface area contributed by atoms with Gasteiger partial charge in [-0.2, -0.15) is 0 Å². The van der Waals surface area contributed by atoms with Crippen LogP contribution in [0.3, 0.4) is 0 Å². The first-order valence-corrected chi connectivity index (χ1v) is 10.2. The van der Waals surface area contributed by atoms with Crippen LogP contribution in [0.4, 0.5) is 5.82 Å². The van der Waals surface area contributed by atoms with Gasteiger partial charge in [0.25, 0.3) is 5.91 Å². The highest BCUT2D eigenvalue weighted by Gasteiger charge is 2.22. The minimum absolute atomic E-state index is 0.0830. The van der Waals surface area contributed by atoms with Crippen LogP contribution in [0, 0.1) is 0 Å². The first kappa shape index (κ1) is 19.9. The van der Waals surface area contributed by atoms with Crippen LogP contribution in [0.25, 0.3) is 5.57 Å². The van der Waals surface area contributed by atoms with E-state index in [1.807, 2.05) is 71.6 Å². The second-order valence-electron chi connectivity index (χ2n) is 7.58. The first-order valence-electron chi connectivity index (χ1n) is 10.2. The summed E-state index contributed by atoms with van der Waals surface area (Å²) in [6, 6.07) is 21.7. The van der Waals surface area contributed by atoms with E-state index >= 15 is 0 Å². The highest BCUT2D eigenvalue weighted by atomic mass is 16.2. The molecule has 1 aliphatic heterocycles. The Bertz CT molecular complexity index is 1020. The molecule has 1 aliphatic rings. The fourth-order valence-electron chi connectivity index (χ4n) is 3.76. The van der Waals surface area contributed by atoms with Crippen molar-refractivity contribution in [2.45, 2.75) is 6.54 Å². The third kappa shape index (κ3) is 4.58. The van der Waals surface area contributed by atoms with Gasteiger partial charge in [-0.1, -0.05) is 49.0 Å². The lowest BCUT2D eigenvalue weighted by atomic mass is 9.98. The van der Waals surface area contributed by atoms with Crippen molar-refractivity contribution in [3.63, 3.8) is 0 Å². The SMILES string of the molecule is C=C(c1ccccc1)c1ccc(C(=O)N2CCN(Cc3ccnc(N)c3)CC2)cc1. The van der Waals surface area contributed by atoms with E-state index in [1.54, 1.807) is 6.20 Å². The van der Waals surface area contributed by atoms with Gasteiger partial charge in [-0.05, 0) is 46.5 Å². The van der Waals surface area contributed by atoms with E-state index in [-0.39, 0.29) is 5.91 Å². The molecule has 0 aliphatic carbocycles. The maximum Gasteiger partial charge on any atom is 0.253 e. The summed E-state index contributed by atoms with van der Waals surface area (Å²) < 4.78 is 0. The van der Waals surface area contributed by atoms with Gasteiger partial charge in [0.1, 0.15) is 5.82 Å². The van der Waals surface area contributed by atoms with Crippen LogP contribution in [0.1, 0.15) is 27.0 Å². The van der Waals surface area contributed by atoms with Gasteiger partial charge in [0, 0.05) is 44.5 Å². The molecule has 0 unspecified atom stereocenters. The molecular formula is C25H26N4O. The number of nitrogens with zero attached hydrogens (tertiary/aromatic N) is 3. The van der Waals surface area contributed by atoms with E-state index < -0.39 is 0 Å². The molecule has 0 spiro atoms. The summed E-state index contributed by atoms with van der Waals surface area (Å²) in [5.41, 5.74) is 10.7. The Balaban J connectivity index is 1.34. The molecule has 152 valence electrons. The highest BCUT2D eigenvalue weighted by Crippen LogP contribution is 2.22. The maximum absolute atomic E-state index is 12.9. The Morgan fingerprint density at radius 1 is 0.900 bits per heavy atom. The minimum Gasteiger partial charge on any atom is -0.384 e. The average Bonchev–Trinajstić information content (AvgIpc) is 2.79. The van der Waals surface area contributed by atoms with E-state index in [0.29, 0.717) is 5.82 Å². The predicted octanol–water partition coefficient (Wildman–Crippen LogP) is 3.68. The monoisotopic (exact) mass is 398 g/mol. The minimum atomic E-state index is 0.0830. The number of nitrogen functional groups attached to an aromatic ring is 1. The summed E-state index contributed by atoms with van der Waals surface area (Å²) in [6.07, 6.45) is 1.74. The number of piperazine rings is 1. The van der Waals surface area contributed by atoms with E-state index in [9.17, 15) is 4.79 Å². The van der Waals surface area contributed by atoms with Crippen molar-refractivity contribution < 1.29 is 4.79 Å². The summed E-state index contributed by atoms with van der Waals surface area (Å²) in [5, 5.41) is 0. The molecule has 1 amide bonds. The van der Waals surface area contributed by atoms with Crippen molar-refractivity contribution >= 4 is 17.3 Å². The molecular weight excluding hydrogens is 372 g/mol. The number of amides is 1. The molecule has 4 rings (SSSR count). The Morgan fingerprint density at radius 2 is 1.53 bits per heavy atom. The van der Waals surface area contributed by atoms with Gasteiger partial charge < -0.3 is 10.6 Å². The lowest BCUT2D eigenvalue weighted by Gasteiger charge is -2.34. The zero-order valence-corrected chi connectivity index (χ0v) is 17.0. The number of rotatable bonds is 5. The standard InChI is InChI=1S/C25H26N4O/c1-19(21-5-3-2-4-6-21)22-7-9-23(10-8-22)25(30)29-15-13-28(14-16-29)18-20-11-12-27-24(26)17-20/h2-12,17H,1,13-16,18H2,(H2,26,27). The number of benzene rings is 2. The Hall–Kier alpha value is -3.44. The van der Waals surface area contributed by atoms with Crippen LogP contribution >= 0.6 is 0 Å². The third-order valence-corrected chi connectivity index (χ3v) is 5.51. The zero-order chi connectivity index (χ0) is 20.9. The number of hydrogen-bond acceptors (Lipinski definition) is 4. The maximum atomic E-state index is 12.9. The van der Waals surface area contributed by atoms with Gasteiger partial charge >= 0.3 is 0 Å². The molecule has 1 saturated heterocycles. The van der Waals surface area contributed by atoms with Gasteiger partial charge in [0.15, 0.2) is 0 Å². The summed E-state index contributed by atoms with van der Waals surface area (Å²) >= 11 is 0. The normalized spacial score (nSPS) is 14.5. The van der Waals surface area contributed by atoms with Gasteiger partial charge in [0.2, 0.25) is 0 Å². The van der Waals surface area contributed by atoms with Crippen LogP contribution < -0.4 is 5.73 Å². The molecule has 0 bridgehead atoms. The molecule has 0 radical (unpaired) electrons. The van der Waals surface area contributed by atoms with Crippen molar-refractivity contribution in [3.8, 4) is 0 Å². The van der Waals surface area contributed by atoms with Crippen LogP contribution in [0.15, 0.2) is 79.5 Å². The molecule has 2 aromatic carbocycles. The lowest BCUT2D eigenvalue weighted by Crippen LogP contribution is -2.48. The Kier molecular flexibility index (Phi) is 5.91. The average molecular weight is 399 g/mol. The molecule has 30 heavy (non-hydrogen) atoms. The van der Waals surface area contributed by atoms with Crippen LogP contribution in [-0.2, 0) is 6.54 Å². The fraction of sp³-hybridized carbons (Fsp3) is 0.200. The number of anilines is 1. The number of nitrogens with two attached hydrogens (primary N) is 1. The van der Waals surface area contributed by atoms with Crippen LogP contribution in [0.5, 0.6) is 0 Å². The van der Waals surface area contributed by atoms with E-state index in [2.05, 4.69) is 16.5 Å². The van der Waals surface area contributed by atoms with Crippen molar-refractivity contribution in [2.75, 3.05) is 31.9 Å². The third-order valence-electron chi connectivity index (χ3n) is 5.51. The fourth-order valence-corrected chi connectivity index (χ4v) is 3.76. The van der Waals surface area contributed by atoms with Crippen LogP contribution in [0.2, 0.25) is 0 Å². The molecule has 5 nitrogen and oxygen atoms in total. The largest absolute Gasteiger partial charge is 0.384 e. The topological polar surface area (TPSA) is 62.5 Å². The molecule has 2 heterocycles. The molecule has 1 aromatic heterocycles. The Labute approximate surface area is 177 Å². The van der Waals surface area contributed by atoms with Gasteiger partial charge in [-0.25, -0.2) is 4.98 Å². The number of pyridine rings is 1. The number of carbonyl (C=O) groups is 1. The van der Waals surface area contributed by atoms with Crippen molar-refractivity contribution in [1.29, 1.82) is 0 Å². The van der Waals surface area contributed by atoms with Gasteiger partial charge in [-0.15, -0.1) is 0 Å². The van der Waals surface area contributed by atoms with Gasteiger partial charge in [-0.3, -0.25) is 9.69 Å². The molecule has 5 heteroatoms. The van der Waals surface area contributed by atoms with Crippen molar-refractivity contribution in [1.82, 2.24) is 14.8 Å². The summed E-state index contributed by atoms with van der Waals surface area (Å²) in [6.45, 7) is 8.15. The number of hydrogen-bond donors (Lipinski definition) is 1. The van der Waals surface area contributed by atoms with E-state index in [4.69, 9.17) is 5.73 Å². The van der Waals surface area contributed by atoms with Crippen molar-refractivity contribution in [3.05, 3.63) is 102 Å². The van der Waals surface area contributed by atoms with Crippen molar-refractivity contribution in [2.24, 2.45) is 0 Å². The highest BCUT2D eigenvalue weighted by molar-refractivity contribution is 5.95. The summed E-state index contributed by atoms with van der Waals surface area (Å²) in [7, 11) is 0. The smallest absolute Gasteiger partial charge is 0.253 e. The van der Waals surface area contributed by atoms with Crippen LogP contribution in [-0.4, -0.2) is 46.9 Å². The molecule has 0 atom stereocenters. The summed E-state index contributed by atoms with van der Waals surface area (Å²) in [4.78, 5) is 21.2. The van der Waals surface area contributed by atoms with Gasteiger partial charge in [0.05, 0.1) is 0 Å². The predicted molar refractivity (Wildman–Crippen MR) is 121 cm³/mol. The molecule has 3 aromatic rings. The lowest BCUT2D eigenvalue weighted by molar-refractivity contribution is 0.0628. The molecule has 1 fully saturated rings. The van der Waals surface area contributed by atoms with E-state index in [1.165, 1.54) is 0 Å². The number of carbonyl (C=O) groups excluding carboxylic acids is 1. The number of aromatic nitrogens is 1. The summed E-state index contributed by atoms with van der Waals surface area (Å²) in [5.74, 6) is 0.624. The van der Waals surface area contributed by atoms with E-state index in [0.717, 1.165) is 60.6 Å². The quantitative estimate of drug-likeness (QED) is 0.712. The second-order valence-corrected chi connectivity index (χ2v) is 7.58. The second kappa shape index (κ2) is 8.93. The Morgan fingerprint density at radius 3 is 2.20 bits per heavy atom. The molecule has 0 saturated carbocycles. The molecule has 2 N–H and O–H groups in total. The zero-order valence-electron chi connectivity index (χ0n) is 17.0.